The van der Waals surface area contributed by atoms with Crippen LogP contribution in [0.5, 0.6) is 5.75 Å². The van der Waals surface area contributed by atoms with Gasteiger partial charge in [-0.05, 0) is 50.3 Å². The molecule has 0 bridgehead atoms. The number of hydrogen-bond acceptors (Lipinski definition) is 3. The minimum atomic E-state index is -0.0859. The van der Waals surface area contributed by atoms with E-state index >= 15 is 0 Å². The molecule has 2 atom stereocenters. The first kappa shape index (κ1) is 17.5. The first-order valence-electron chi connectivity index (χ1n) is 7.65. The molecule has 1 rings (SSSR count). The Kier molecular flexibility index (Phi) is 7.23. The minimum Gasteiger partial charge on any atom is -0.484 e. The van der Waals surface area contributed by atoms with Crippen molar-refractivity contribution in [2.75, 3.05) is 6.61 Å². The van der Waals surface area contributed by atoms with Gasteiger partial charge in [-0.25, -0.2) is 0 Å². The minimum absolute atomic E-state index is 0.0518. The van der Waals surface area contributed by atoms with Crippen molar-refractivity contribution in [1.29, 1.82) is 0 Å². The fourth-order valence-electron chi connectivity index (χ4n) is 1.76. The van der Waals surface area contributed by atoms with Crippen LogP contribution in [0.25, 0.3) is 0 Å². The monoisotopic (exact) mass is 292 g/mol. The van der Waals surface area contributed by atoms with Crippen LogP contribution in [0.15, 0.2) is 24.3 Å². The molecule has 3 N–H and O–H groups in total. The fraction of sp³-hybridized carbons (Fsp3) is 0.588. The number of amides is 1. The van der Waals surface area contributed by atoms with Crippen molar-refractivity contribution in [2.24, 2.45) is 11.7 Å². The smallest absolute Gasteiger partial charge is 0.258 e. The Bertz CT molecular complexity index is 427. The highest BCUT2D eigenvalue weighted by Gasteiger charge is 2.11. The predicted octanol–water partition coefficient (Wildman–Crippen LogP) is 2.51. The maximum Gasteiger partial charge on any atom is 0.258 e. The van der Waals surface area contributed by atoms with E-state index in [1.54, 1.807) is 0 Å². The van der Waals surface area contributed by atoms with Crippen molar-refractivity contribution in [3.63, 3.8) is 0 Å². The molecule has 0 aliphatic rings. The second kappa shape index (κ2) is 8.67. The summed E-state index contributed by atoms with van der Waals surface area (Å²) in [5.74, 6) is 1.04. The lowest BCUT2D eigenvalue weighted by Gasteiger charge is -2.17. The van der Waals surface area contributed by atoms with Gasteiger partial charge in [-0.15, -0.1) is 0 Å². The number of benzene rings is 1. The van der Waals surface area contributed by atoms with E-state index in [1.165, 1.54) is 5.56 Å². The van der Waals surface area contributed by atoms with E-state index in [1.807, 2.05) is 38.1 Å². The van der Waals surface area contributed by atoms with Gasteiger partial charge in [0.15, 0.2) is 6.61 Å². The van der Waals surface area contributed by atoms with Crippen LogP contribution in [-0.4, -0.2) is 24.6 Å². The van der Waals surface area contributed by atoms with E-state index in [2.05, 4.69) is 19.2 Å². The van der Waals surface area contributed by atoms with Crippen LogP contribution in [0.1, 0.15) is 39.7 Å². The van der Waals surface area contributed by atoms with Gasteiger partial charge in [0.2, 0.25) is 0 Å². The topological polar surface area (TPSA) is 64.3 Å². The third kappa shape index (κ3) is 7.14. The number of nitrogens with one attached hydrogen (secondary N) is 1. The van der Waals surface area contributed by atoms with Gasteiger partial charge >= 0.3 is 0 Å². The van der Waals surface area contributed by atoms with E-state index in [0.717, 1.165) is 12.8 Å². The van der Waals surface area contributed by atoms with Gasteiger partial charge < -0.3 is 15.8 Å². The lowest BCUT2D eigenvalue weighted by molar-refractivity contribution is -0.124. The quantitative estimate of drug-likeness (QED) is 0.774. The van der Waals surface area contributed by atoms with Gasteiger partial charge in [-0.3, -0.25) is 4.79 Å². The molecule has 1 amide bonds. The average molecular weight is 292 g/mol. The number of ether oxygens (including phenoxy) is 1. The SMILES string of the molecule is CC(N)CCc1ccc(OCC(=O)NC(C)C(C)C)cc1. The maximum atomic E-state index is 11.7. The number of aryl methyl sites for hydroxylation is 1. The van der Waals surface area contributed by atoms with Crippen LogP contribution in [-0.2, 0) is 11.2 Å². The molecule has 0 saturated heterocycles. The van der Waals surface area contributed by atoms with E-state index in [9.17, 15) is 4.79 Å². The molecule has 0 saturated carbocycles. The largest absolute Gasteiger partial charge is 0.484 e. The zero-order valence-electron chi connectivity index (χ0n) is 13.6. The van der Waals surface area contributed by atoms with Crippen LogP contribution in [0.2, 0.25) is 0 Å². The average Bonchev–Trinajstić information content (AvgIpc) is 2.43. The van der Waals surface area contributed by atoms with Crippen molar-refractivity contribution < 1.29 is 9.53 Å². The summed E-state index contributed by atoms with van der Waals surface area (Å²) in [6, 6.07) is 8.21. The van der Waals surface area contributed by atoms with Crippen LogP contribution in [0.4, 0.5) is 0 Å². The summed E-state index contributed by atoms with van der Waals surface area (Å²) in [6.45, 7) is 8.21. The van der Waals surface area contributed by atoms with Crippen molar-refractivity contribution in [1.82, 2.24) is 5.32 Å². The molecular formula is C17H28N2O2. The van der Waals surface area contributed by atoms with Crippen LogP contribution in [0, 0.1) is 5.92 Å². The molecule has 4 nitrogen and oxygen atoms in total. The summed E-state index contributed by atoms with van der Waals surface area (Å²) in [7, 11) is 0. The Labute approximate surface area is 128 Å². The highest BCUT2D eigenvalue weighted by atomic mass is 16.5. The summed E-state index contributed by atoms with van der Waals surface area (Å²) in [6.07, 6.45) is 1.93. The van der Waals surface area contributed by atoms with Crippen LogP contribution >= 0.6 is 0 Å². The molecule has 4 heteroatoms. The number of carbonyl (C=O) groups is 1. The highest BCUT2D eigenvalue weighted by molar-refractivity contribution is 5.77. The van der Waals surface area contributed by atoms with Gasteiger partial charge in [-0.2, -0.15) is 0 Å². The molecule has 0 heterocycles. The van der Waals surface area contributed by atoms with Gasteiger partial charge in [-0.1, -0.05) is 26.0 Å². The lowest BCUT2D eigenvalue weighted by Crippen LogP contribution is -2.38. The van der Waals surface area contributed by atoms with Crippen molar-refractivity contribution in [2.45, 2.75) is 52.6 Å². The first-order chi connectivity index (χ1) is 9.88. The van der Waals surface area contributed by atoms with Crippen molar-refractivity contribution >= 4 is 5.91 Å². The van der Waals surface area contributed by atoms with Crippen LogP contribution < -0.4 is 15.8 Å². The molecule has 0 radical (unpaired) electrons. The Hall–Kier alpha value is -1.55. The second-order valence-corrected chi connectivity index (χ2v) is 6.05. The first-order valence-corrected chi connectivity index (χ1v) is 7.65. The number of rotatable bonds is 8. The maximum absolute atomic E-state index is 11.7. The number of hydrogen-bond donors (Lipinski definition) is 2. The zero-order valence-corrected chi connectivity index (χ0v) is 13.6. The zero-order chi connectivity index (χ0) is 15.8. The summed E-state index contributed by atoms with van der Waals surface area (Å²) in [5, 5.41) is 2.92. The molecular weight excluding hydrogens is 264 g/mol. The molecule has 1 aromatic rings. The molecule has 1 aromatic carbocycles. The molecule has 118 valence electrons. The molecule has 2 unspecified atom stereocenters. The number of nitrogens with two attached hydrogens (primary N) is 1. The van der Waals surface area contributed by atoms with Crippen molar-refractivity contribution in [3.8, 4) is 5.75 Å². The normalized spacial score (nSPS) is 13.8. The molecule has 0 spiro atoms. The summed E-state index contributed by atoms with van der Waals surface area (Å²) < 4.78 is 5.49. The predicted molar refractivity (Wildman–Crippen MR) is 86.4 cm³/mol. The summed E-state index contributed by atoms with van der Waals surface area (Å²) in [5.41, 5.74) is 6.98. The highest BCUT2D eigenvalue weighted by Crippen LogP contribution is 2.13. The third-order valence-electron chi connectivity index (χ3n) is 3.57. The Morgan fingerprint density at radius 3 is 2.33 bits per heavy atom. The Balaban J connectivity index is 2.37. The van der Waals surface area contributed by atoms with E-state index in [4.69, 9.17) is 10.5 Å². The lowest BCUT2D eigenvalue weighted by atomic mass is 10.1. The summed E-state index contributed by atoms with van der Waals surface area (Å²) in [4.78, 5) is 11.7. The molecule has 0 aliphatic carbocycles. The van der Waals surface area contributed by atoms with E-state index in [0.29, 0.717) is 11.7 Å². The van der Waals surface area contributed by atoms with E-state index in [-0.39, 0.29) is 24.6 Å². The Morgan fingerprint density at radius 1 is 1.19 bits per heavy atom. The van der Waals surface area contributed by atoms with Crippen molar-refractivity contribution in [3.05, 3.63) is 29.8 Å². The van der Waals surface area contributed by atoms with Crippen LogP contribution in [0.3, 0.4) is 0 Å². The van der Waals surface area contributed by atoms with Gasteiger partial charge in [0, 0.05) is 12.1 Å². The summed E-state index contributed by atoms with van der Waals surface area (Å²) >= 11 is 0. The third-order valence-corrected chi connectivity index (χ3v) is 3.57. The Morgan fingerprint density at radius 2 is 1.81 bits per heavy atom. The fourth-order valence-corrected chi connectivity index (χ4v) is 1.76. The van der Waals surface area contributed by atoms with E-state index < -0.39 is 0 Å². The number of carbonyl (C=O) groups excluding carboxylic acids is 1. The van der Waals surface area contributed by atoms with Gasteiger partial charge in [0.25, 0.3) is 5.91 Å². The standard InChI is InChI=1S/C17H28N2O2/c1-12(2)14(4)19-17(20)11-21-16-9-7-15(8-10-16)6-5-13(3)18/h7-10,12-14H,5-6,11,18H2,1-4H3,(H,19,20). The molecule has 0 aromatic heterocycles. The molecule has 0 aliphatic heterocycles. The molecule has 0 fully saturated rings. The second-order valence-electron chi connectivity index (χ2n) is 6.05. The van der Waals surface area contributed by atoms with Gasteiger partial charge in [0.05, 0.1) is 0 Å². The van der Waals surface area contributed by atoms with Gasteiger partial charge in [0.1, 0.15) is 5.75 Å². The molecule has 21 heavy (non-hydrogen) atoms.